The molecule has 2 aromatic heterocycles. The van der Waals surface area contributed by atoms with E-state index in [1.165, 1.54) is 17.7 Å². The standard InChI is InChI=1S/C28H31F5N6/c1-17(18-6-3-2-4-7-18)19-10-12-20(13-11-19)34-25-37-24(22-8-5-9-23(36-22)28(31,32)33)38-26(39-25)35-21-14-15-27(29,30)16-21/h2-9,17,19-21H,10-16H2,1H3,(H2,34,35,37,38,39). The summed E-state index contributed by atoms with van der Waals surface area (Å²) < 4.78 is 67.4. The van der Waals surface area contributed by atoms with E-state index in [2.05, 4.69) is 61.8 Å². The number of nitrogens with one attached hydrogen (secondary N) is 2. The Morgan fingerprint density at radius 2 is 1.46 bits per heavy atom. The van der Waals surface area contributed by atoms with Crippen molar-refractivity contribution in [1.29, 1.82) is 0 Å². The van der Waals surface area contributed by atoms with E-state index in [9.17, 15) is 22.0 Å². The highest BCUT2D eigenvalue weighted by Gasteiger charge is 2.40. The molecule has 0 amide bonds. The van der Waals surface area contributed by atoms with Gasteiger partial charge in [-0.25, -0.2) is 13.8 Å². The van der Waals surface area contributed by atoms with Gasteiger partial charge in [0.1, 0.15) is 11.4 Å². The summed E-state index contributed by atoms with van der Waals surface area (Å²) in [5, 5.41) is 6.25. The smallest absolute Gasteiger partial charge is 0.351 e. The van der Waals surface area contributed by atoms with Gasteiger partial charge in [-0.15, -0.1) is 0 Å². The van der Waals surface area contributed by atoms with E-state index in [1.807, 2.05) is 6.07 Å². The van der Waals surface area contributed by atoms with Gasteiger partial charge in [0.05, 0.1) is 0 Å². The summed E-state index contributed by atoms with van der Waals surface area (Å²) in [7, 11) is 0. The van der Waals surface area contributed by atoms with Crippen LogP contribution in [0, 0.1) is 5.92 Å². The molecule has 2 aliphatic rings. The zero-order valence-electron chi connectivity index (χ0n) is 21.6. The molecular formula is C28H31F5N6. The van der Waals surface area contributed by atoms with Crippen molar-refractivity contribution >= 4 is 11.9 Å². The minimum absolute atomic E-state index is 0.0378. The molecule has 39 heavy (non-hydrogen) atoms. The van der Waals surface area contributed by atoms with E-state index < -0.39 is 23.8 Å². The van der Waals surface area contributed by atoms with Gasteiger partial charge in [0.25, 0.3) is 0 Å². The van der Waals surface area contributed by atoms with E-state index in [4.69, 9.17) is 0 Å². The van der Waals surface area contributed by atoms with E-state index in [-0.39, 0.29) is 48.7 Å². The van der Waals surface area contributed by atoms with E-state index in [0.717, 1.165) is 31.7 Å². The Balaban J connectivity index is 1.34. The van der Waals surface area contributed by atoms with Gasteiger partial charge in [-0.2, -0.15) is 28.1 Å². The molecule has 5 rings (SSSR count). The van der Waals surface area contributed by atoms with Gasteiger partial charge in [-0.3, -0.25) is 0 Å². The Bertz CT molecular complexity index is 1260. The third-order valence-corrected chi connectivity index (χ3v) is 7.78. The lowest BCUT2D eigenvalue weighted by Gasteiger charge is -2.33. The van der Waals surface area contributed by atoms with Gasteiger partial charge in [0.2, 0.25) is 17.8 Å². The van der Waals surface area contributed by atoms with Crippen LogP contribution in [-0.2, 0) is 6.18 Å². The number of nitrogens with zero attached hydrogens (tertiary/aromatic N) is 4. The molecule has 0 aliphatic heterocycles. The molecule has 2 saturated carbocycles. The lowest BCUT2D eigenvalue weighted by Crippen LogP contribution is -2.29. The Hall–Kier alpha value is -3.37. The van der Waals surface area contributed by atoms with Crippen LogP contribution in [0.4, 0.5) is 33.8 Å². The molecule has 2 N–H and O–H groups in total. The van der Waals surface area contributed by atoms with Gasteiger partial charge < -0.3 is 10.6 Å². The molecule has 2 unspecified atom stereocenters. The van der Waals surface area contributed by atoms with Crippen LogP contribution in [0.15, 0.2) is 48.5 Å². The Morgan fingerprint density at radius 3 is 2.08 bits per heavy atom. The van der Waals surface area contributed by atoms with Crippen LogP contribution in [0.2, 0.25) is 0 Å². The van der Waals surface area contributed by atoms with Crippen molar-refractivity contribution in [3.05, 3.63) is 59.8 Å². The van der Waals surface area contributed by atoms with Crippen LogP contribution in [0.3, 0.4) is 0 Å². The predicted octanol–water partition coefficient (Wildman–Crippen LogP) is 7.33. The summed E-state index contributed by atoms with van der Waals surface area (Å²) in [6.07, 6.45) is -1.23. The molecule has 2 aliphatic carbocycles. The number of pyridine rings is 1. The molecule has 1 aromatic carbocycles. The van der Waals surface area contributed by atoms with Crippen LogP contribution in [0.5, 0.6) is 0 Å². The van der Waals surface area contributed by atoms with E-state index in [1.54, 1.807) is 0 Å². The largest absolute Gasteiger partial charge is 0.433 e. The monoisotopic (exact) mass is 546 g/mol. The van der Waals surface area contributed by atoms with E-state index in [0.29, 0.717) is 11.8 Å². The maximum Gasteiger partial charge on any atom is 0.433 e. The molecule has 208 valence electrons. The van der Waals surface area contributed by atoms with Gasteiger partial charge in [-0.05, 0) is 61.6 Å². The highest BCUT2D eigenvalue weighted by Crippen LogP contribution is 2.38. The second-order valence-electron chi connectivity index (χ2n) is 10.6. The average molecular weight is 547 g/mol. The van der Waals surface area contributed by atoms with Gasteiger partial charge >= 0.3 is 6.18 Å². The van der Waals surface area contributed by atoms with Gasteiger partial charge in [0, 0.05) is 24.9 Å². The normalized spacial score (nSPS) is 23.8. The second kappa shape index (κ2) is 11.0. The highest BCUT2D eigenvalue weighted by atomic mass is 19.4. The minimum atomic E-state index is -4.63. The zero-order valence-corrected chi connectivity index (χ0v) is 21.6. The highest BCUT2D eigenvalue weighted by molar-refractivity contribution is 5.54. The number of rotatable bonds is 7. The average Bonchev–Trinajstić information content (AvgIpc) is 3.26. The summed E-state index contributed by atoms with van der Waals surface area (Å²) in [6.45, 7) is 2.25. The predicted molar refractivity (Wildman–Crippen MR) is 138 cm³/mol. The fourth-order valence-corrected chi connectivity index (χ4v) is 5.57. The first-order chi connectivity index (χ1) is 18.6. The summed E-state index contributed by atoms with van der Waals surface area (Å²) in [5.41, 5.74) is 0.180. The third-order valence-electron chi connectivity index (χ3n) is 7.78. The third kappa shape index (κ3) is 6.80. The van der Waals surface area contributed by atoms with Crippen molar-refractivity contribution in [2.24, 2.45) is 5.92 Å². The topological polar surface area (TPSA) is 75.6 Å². The second-order valence-corrected chi connectivity index (χ2v) is 10.6. The fourth-order valence-electron chi connectivity index (χ4n) is 5.57. The van der Waals surface area contributed by atoms with Crippen molar-refractivity contribution in [3.8, 4) is 11.5 Å². The molecule has 0 saturated heterocycles. The van der Waals surface area contributed by atoms with Gasteiger partial charge in [0.15, 0.2) is 5.82 Å². The molecule has 11 heteroatoms. The lowest BCUT2D eigenvalue weighted by molar-refractivity contribution is -0.141. The SMILES string of the molecule is CC(c1ccccc1)C1CCC(Nc2nc(NC3CCC(F)(F)C3)nc(-c3cccc(C(F)(F)F)n3)n2)CC1. The summed E-state index contributed by atoms with van der Waals surface area (Å²) in [5.74, 6) is -1.63. The number of hydrogen-bond donors (Lipinski definition) is 2. The molecule has 6 nitrogen and oxygen atoms in total. The van der Waals surface area contributed by atoms with Crippen LogP contribution >= 0.6 is 0 Å². The number of benzene rings is 1. The van der Waals surface area contributed by atoms with Crippen molar-refractivity contribution in [2.75, 3.05) is 10.6 Å². The maximum atomic E-state index is 13.8. The number of alkyl halides is 5. The van der Waals surface area contributed by atoms with Gasteiger partial charge in [-0.1, -0.05) is 43.3 Å². The summed E-state index contributed by atoms with van der Waals surface area (Å²) in [6, 6.07) is 13.4. The first-order valence-electron chi connectivity index (χ1n) is 13.3. The summed E-state index contributed by atoms with van der Waals surface area (Å²) in [4.78, 5) is 16.7. The molecule has 0 spiro atoms. The molecule has 0 bridgehead atoms. The van der Waals surface area contributed by atoms with Crippen molar-refractivity contribution in [1.82, 2.24) is 19.9 Å². The van der Waals surface area contributed by atoms with Crippen LogP contribution in [-0.4, -0.2) is 37.9 Å². The molecule has 2 atom stereocenters. The summed E-state index contributed by atoms with van der Waals surface area (Å²) >= 11 is 0. The lowest BCUT2D eigenvalue weighted by atomic mass is 9.76. The van der Waals surface area contributed by atoms with Crippen LogP contribution in [0.25, 0.3) is 11.5 Å². The first kappa shape index (κ1) is 27.2. The number of hydrogen-bond acceptors (Lipinski definition) is 6. The quantitative estimate of drug-likeness (QED) is 0.302. The van der Waals surface area contributed by atoms with E-state index >= 15 is 0 Å². The molecule has 3 aromatic rings. The first-order valence-corrected chi connectivity index (χ1v) is 13.3. The van der Waals surface area contributed by atoms with Crippen LogP contribution < -0.4 is 10.6 Å². The zero-order chi connectivity index (χ0) is 27.6. The Kier molecular flexibility index (Phi) is 7.68. The maximum absolute atomic E-state index is 13.8. The Morgan fingerprint density at radius 1 is 0.795 bits per heavy atom. The molecular weight excluding hydrogens is 515 g/mol. The Labute approximate surface area is 223 Å². The van der Waals surface area contributed by atoms with Crippen LogP contribution in [0.1, 0.15) is 69.0 Å². The molecule has 2 fully saturated rings. The fraction of sp³-hybridized carbons (Fsp3) is 0.500. The number of anilines is 2. The van der Waals surface area contributed by atoms with Crippen molar-refractivity contribution in [3.63, 3.8) is 0 Å². The molecule has 0 radical (unpaired) electrons. The van der Waals surface area contributed by atoms with Crippen molar-refractivity contribution in [2.45, 2.75) is 82.0 Å². The van der Waals surface area contributed by atoms with Crippen molar-refractivity contribution < 1.29 is 22.0 Å². The molecule has 2 heterocycles. The minimum Gasteiger partial charge on any atom is -0.351 e. The number of aromatic nitrogens is 4. The number of halogens is 5.